The molecule has 108 valence electrons. The highest BCUT2D eigenvalue weighted by atomic mass is 32.1. The van der Waals surface area contributed by atoms with Crippen LogP contribution in [0.5, 0.6) is 0 Å². The van der Waals surface area contributed by atoms with Crippen molar-refractivity contribution in [2.24, 2.45) is 0 Å². The van der Waals surface area contributed by atoms with Crippen LogP contribution in [-0.4, -0.2) is 48.3 Å². The zero-order chi connectivity index (χ0) is 14.4. The van der Waals surface area contributed by atoms with Crippen LogP contribution in [0, 0.1) is 17.3 Å². The van der Waals surface area contributed by atoms with E-state index in [1.54, 1.807) is 11.0 Å². The van der Waals surface area contributed by atoms with E-state index < -0.39 is 0 Å². The number of benzene rings is 1. The summed E-state index contributed by atoms with van der Waals surface area (Å²) >= 11 is 1.49. The van der Waals surface area contributed by atoms with Gasteiger partial charge in [0.15, 0.2) is 11.3 Å². The molecule has 2 aromatic rings. The Morgan fingerprint density at radius 2 is 2.33 bits per heavy atom. The zero-order valence-electron chi connectivity index (χ0n) is 11.2. The Morgan fingerprint density at radius 1 is 1.43 bits per heavy atom. The summed E-state index contributed by atoms with van der Waals surface area (Å²) in [5.74, 6) is -0.242. The van der Waals surface area contributed by atoms with E-state index in [9.17, 15) is 4.39 Å². The number of rotatable bonds is 1. The molecule has 1 aromatic heterocycles. The molecule has 0 spiro atoms. The molecule has 0 radical (unpaired) electrons. The number of anilines is 1. The van der Waals surface area contributed by atoms with Crippen molar-refractivity contribution in [2.45, 2.75) is 12.1 Å². The van der Waals surface area contributed by atoms with Crippen LogP contribution < -0.4 is 4.90 Å². The number of nitriles is 1. The van der Waals surface area contributed by atoms with Crippen LogP contribution in [0.4, 0.5) is 9.52 Å². The molecule has 5 nitrogen and oxygen atoms in total. The minimum atomic E-state index is -0.242. The smallest absolute Gasteiger partial charge is 0.186 e. The molecule has 21 heavy (non-hydrogen) atoms. The maximum Gasteiger partial charge on any atom is 0.186 e. The molecule has 0 aliphatic carbocycles. The van der Waals surface area contributed by atoms with Gasteiger partial charge in [-0.15, -0.1) is 0 Å². The van der Waals surface area contributed by atoms with Crippen LogP contribution in [0.3, 0.4) is 0 Å². The number of fused-ring (bicyclic) bond motifs is 2. The summed E-state index contributed by atoms with van der Waals surface area (Å²) in [7, 11) is 0. The molecule has 2 atom stereocenters. The third kappa shape index (κ3) is 2.11. The maximum atomic E-state index is 13.3. The first kappa shape index (κ1) is 12.8. The van der Waals surface area contributed by atoms with E-state index in [1.165, 1.54) is 23.5 Å². The second-order valence-corrected chi connectivity index (χ2v) is 6.29. The first-order valence-electron chi connectivity index (χ1n) is 6.83. The van der Waals surface area contributed by atoms with Crippen LogP contribution in [0.25, 0.3) is 10.2 Å². The largest absolute Gasteiger partial charge is 0.372 e. The third-order valence-corrected chi connectivity index (χ3v) is 5.08. The van der Waals surface area contributed by atoms with Gasteiger partial charge in [0.05, 0.1) is 42.1 Å². The lowest BCUT2D eigenvalue weighted by atomic mass is 10.1. The topological polar surface area (TPSA) is 52.4 Å². The molecule has 0 saturated carbocycles. The van der Waals surface area contributed by atoms with Gasteiger partial charge in [0.2, 0.25) is 0 Å². The second kappa shape index (κ2) is 4.83. The van der Waals surface area contributed by atoms with E-state index in [2.05, 4.69) is 16.1 Å². The quantitative estimate of drug-likeness (QED) is 0.752. The summed E-state index contributed by atoms with van der Waals surface area (Å²) < 4.78 is 19.9. The fraction of sp³-hybridized carbons (Fsp3) is 0.429. The summed E-state index contributed by atoms with van der Waals surface area (Å²) in [4.78, 5) is 8.53. The van der Waals surface area contributed by atoms with Crippen LogP contribution in [0.2, 0.25) is 0 Å². The van der Waals surface area contributed by atoms with Crippen molar-refractivity contribution in [1.82, 2.24) is 9.88 Å². The predicted octanol–water partition coefficient (Wildman–Crippen LogP) is 1.81. The number of ether oxygens (including phenoxy) is 1. The van der Waals surface area contributed by atoms with Crippen molar-refractivity contribution in [3.8, 4) is 6.19 Å². The van der Waals surface area contributed by atoms with Gasteiger partial charge >= 0.3 is 0 Å². The van der Waals surface area contributed by atoms with E-state index >= 15 is 0 Å². The monoisotopic (exact) mass is 304 g/mol. The van der Waals surface area contributed by atoms with Crippen molar-refractivity contribution in [1.29, 1.82) is 5.26 Å². The Kier molecular flexibility index (Phi) is 2.94. The molecule has 2 saturated heterocycles. The Balaban J connectivity index is 1.69. The van der Waals surface area contributed by atoms with Gasteiger partial charge in [0.1, 0.15) is 5.82 Å². The second-order valence-electron chi connectivity index (χ2n) is 5.28. The molecule has 7 heteroatoms. The molecule has 3 heterocycles. The molecule has 0 N–H and O–H groups in total. The summed E-state index contributed by atoms with van der Waals surface area (Å²) in [6, 6.07) is 4.80. The average molecular weight is 304 g/mol. The SMILES string of the molecule is N#CN1C[C@H]2OCCN(c3nc4ccc(F)cc4s3)[C@H]2C1. The van der Waals surface area contributed by atoms with Gasteiger partial charge in [-0.2, -0.15) is 5.26 Å². The van der Waals surface area contributed by atoms with Crippen LogP contribution in [0.15, 0.2) is 18.2 Å². The average Bonchev–Trinajstić information content (AvgIpc) is 3.09. The number of nitrogens with zero attached hydrogens (tertiary/aromatic N) is 4. The van der Waals surface area contributed by atoms with Crippen LogP contribution >= 0.6 is 11.3 Å². The molecule has 0 bridgehead atoms. The number of halogens is 1. The molecule has 0 amide bonds. The van der Waals surface area contributed by atoms with Crippen molar-refractivity contribution < 1.29 is 9.13 Å². The third-order valence-electron chi connectivity index (χ3n) is 4.03. The number of aromatic nitrogens is 1. The summed E-state index contributed by atoms with van der Waals surface area (Å²) in [5.41, 5.74) is 0.814. The Morgan fingerprint density at radius 3 is 3.19 bits per heavy atom. The summed E-state index contributed by atoms with van der Waals surface area (Å²) in [6.07, 6.45) is 2.23. The van der Waals surface area contributed by atoms with Gasteiger partial charge in [0, 0.05) is 6.54 Å². The zero-order valence-corrected chi connectivity index (χ0v) is 12.0. The fourth-order valence-electron chi connectivity index (χ4n) is 3.02. The molecular formula is C14H13FN4OS. The highest BCUT2D eigenvalue weighted by Gasteiger charge is 2.41. The molecule has 2 aliphatic heterocycles. The molecule has 4 rings (SSSR count). The number of morpholine rings is 1. The minimum absolute atomic E-state index is 0.0437. The lowest BCUT2D eigenvalue weighted by molar-refractivity contribution is 0.0326. The van der Waals surface area contributed by atoms with E-state index in [1.807, 2.05) is 0 Å². The standard InChI is InChI=1S/C14H13FN4OS/c15-9-1-2-10-13(5-9)21-14(17-10)19-3-4-20-12-7-18(8-16)6-11(12)19/h1-2,5,11-12H,3-4,6-7H2/t11-,12+/m0/s1. The lowest BCUT2D eigenvalue weighted by Crippen LogP contribution is -2.50. The fourth-order valence-corrected chi connectivity index (χ4v) is 4.09. The highest BCUT2D eigenvalue weighted by molar-refractivity contribution is 7.22. The van der Waals surface area contributed by atoms with Gasteiger partial charge in [-0.05, 0) is 18.2 Å². The molecule has 1 aromatic carbocycles. The lowest BCUT2D eigenvalue weighted by Gasteiger charge is -2.36. The van der Waals surface area contributed by atoms with Crippen molar-refractivity contribution in [3.63, 3.8) is 0 Å². The number of hydrogen-bond donors (Lipinski definition) is 0. The summed E-state index contributed by atoms with van der Waals surface area (Å²) in [5, 5.41) is 9.94. The molecular weight excluding hydrogens is 291 g/mol. The van der Waals surface area contributed by atoms with Gasteiger partial charge in [-0.3, -0.25) is 0 Å². The number of thiazole rings is 1. The Hall–Kier alpha value is -1.91. The van der Waals surface area contributed by atoms with E-state index in [-0.39, 0.29) is 18.0 Å². The van der Waals surface area contributed by atoms with Gasteiger partial charge < -0.3 is 14.5 Å². The van der Waals surface area contributed by atoms with Gasteiger partial charge in [-0.25, -0.2) is 9.37 Å². The van der Waals surface area contributed by atoms with E-state index in [4.69, 9.17) is 10.00 Å². The van der Waals surface area contributed by atoms with Crippen LogP contribution in [-0.2, 0) is 4.74 Å². The van der Waals surface area contributed by atoms with Crippen molar-refractivity contribution >= 4 is 26.7 Å². The van der Waals surface area contributed by atoms with E-state index in [0.717, 1.165) is 21.9 Å². The molecule has 2 aliphatic rings. The Bertz CT molecular complexity index is 727. The molecule has 0 unspecified atom stereocenters. The highest BCUT2D eigenvalue weighted by Crippen LogP contribution is 2.34. The normalized spacial score (nSPS) is 25.1. The van der Waals surface area contributed by atoms with Gasteiger partial charge in [-0.1, -0.05) is 11.3 Å². The van der Waals surface area contributed by atoms with Crippen molar-refractivity contribution in [2.75, 3.05) is 31.1 Å². The van der Waals surface area contributed by atoms with E-state index in [0.29, 0.717) is 19.7 Å². The minimum Gasteiger partial charge on any atom is -0.372 e. The maximum absolute atomic E-state index is 13.3. The Labute approximate surface area is 125 Å². The molecule has 2 fully saturated rings. The number of likely N-dealkylation sites (tertiary alicyclic amines) is 1. The first-order valence-corrected chi connectivity index (χ1v) is 7.65. The summed E-state index contributed by atoms with van der Waals surface area (Å²) in [6.45, 7) is 2.68. The van der Waals surface area contributed by atoms with Crippen molar-refractivity contribution in [3.05, 3.63) is 24.0 Å². The van der Waals surface area contributed by atoms with Gasteiger partial charge in [0.25, 0.3) is 0 Å². The predicted molar refractivity (Wildman–Crippen MR) is 77.6 cm³/mol. The number of hydrogen-bond acceptors (Lipinski definition) is 6. The van der Waals surface area contributed by atoms with Crippen LogP contribution in [0.1, 0.15) is 0 Å². The first-order chi connectivity index (χ1) is 10.2.